The Hall–Kier alpha value is -0.630. The first-order chi connectivity index (χ1) is 6.72. The minimum absolute atomic E-state index is 0.701. The van der Waals surface area contributed by atoms with E-state index in [0.717, 1.165) is 24.5 Å². The molecule has 0 aliphatic heterocycles. The number of benzene rings is 1. The van der Waals surface area contributed by atoms with Crippen LogP contribution < -0.4 is 4.74 Å². The molecule has 0 atom stereocenters. The molecule has 2 heteroatoms. The molecule has 0 saturated heterocycles. The van der Waals surface area contributed by atoms with Crippen LogP contribution in [0.5, 0.6) is 5.75 Å². The van der Waals surface area contributed by atoms with Crippen LogP contribution in [0.2, 0.25) is 0 Å². The fraction of sp³-hybridized carbons (Fsp3) is 0.500. The zero-order valence-corrected chi connectivity index (χ0v) is 9.76. The lowest BCUT2D eigenvalue weighted by molar-refractivity contribution is 0.289. The van der Waals surface area contributed by atoms with Gasteiger partial charge in [0, 0.05) is 5.75 Å². The van der Waals surface area contributed by atoms with E-state index < -0.39 is 0 Å². The van der Waals surface area contributed by atoms with Gasteiger partial charge in [0.1, 0.15) is 5.75 Å². The van der Waals surface area contributed by atoms with Gasteiger partial charge in [-0.3, -0.25) is 0 Å². The first-order valence-electron chi connectivity index (χ1n) is 5.05. The molecule has 0 radical (unpaired) electrons. The lowest BCUT2D eigenvalue weighted by Crippen LogP contribution is -2.01. The second-order valence-electron chi connectivity index (χ2n) is 3.83. The van der Waals surface area contributed by atoms with Crippen LogP contribution >= 0.6 is 12.6 Å². The molecule has 0 spiro atoms. The average Bonchev–Trinajstić information content (AvgIpc) is 2.18. The molecule has 0 unspecified atom stereocenters. The van der Waals surface area contributed by atoms with Crippen LogP contribution in [0.15, 0.2) is 24.3 Å². The number of hydrogen-bond donors (Lipinski definition) is 1. The van der Waals surface area contributed by atoms with E-state index >= 15 is 0 Å². The zero-order valence-electron chi connectivity index (χ0n) is 8.86. The van der Waals surface area contributed by atoms with E-state index in [9.17, 15) is 0 Å². The molecule has 1 rings (SSSR count). The van der Waals surface area contributed by atoms with E-state index in [1.807, 2.05) is 12.1 Å². The van der Waals surface area contributed by atoms with Gasteiger partial charge >= 0.3 is 0 Å². The largest absolute Gasteiger partial charge is 0.494 e. The van der Waals surface area contributed by atoms with Crippen LogP contribution in [0.4, 0.5) is 0 Å². The summed E-state index contributed by atoms with van der Waals surface area (Å²) < 4.78 is 5.59. The Labute approximate surface area is 91.9 Å². The predicted octanol–water partition coefficient (Wildman–Crippen LogP) is 3.54. The minimum Gasteiger partial charge on any atom is -0.494 e. The summed E-state index contributed by atoms with van der Waals surface area (Å²) in [6.45, 7) is 5.21. The van der Waals surface area contributed by atoms with E-state index in [1.165, 1.54) is 5.56 Å². The third kappa shape index (κ3) is 4.05. The molecule has 0 saturated carbocycles. The van der Waals surface area contributed by atoms with Gasteiger partial charge in [0.05, 0.1) is 6.61 Å². The Morgan fingerprint density at radius 1 is 1.21 bits per heavy atom. The highest BCUT2D eigenvalue weighted by atomic mass is 32.1. The van der Waals surface area contributed by atoms with E-state index in [2.05, 4.69) is 38.6 Å². The zero-order chi connectivity index (χ0) is 10.4. The van der Waals surface area contributed by atoms with E-state index in [1.54, 1.807) is 0 Å². The lowest BCUT2D eigenvalue weighted by atomic mass is 10.1. The number of hydrogen-bond acceptors (Lipinski definition) is 2. The molecule has 78 valence electrons. The maximum absolute atomic E-state index is 5.59. The van der Waals surface area contributed by atoms with Crippen LogP contribution in [0.3, 0.4) is 0 Å². The molecule has 14 heavy (non-hydrogen) atoms. The van der Waals surface area contributed by atoms with Crippen molar-refractivity contribution in [2.45, 2.75) is 26.0 Å². The summed E-state index contributed by atoms with van der Waals surface area (Å²) in [5.74, 6) is 2.44. The normalized spacial score (nSPS) is 10.6. The topological polar surface area (TPSA) is 9.23 Å². The van der Waals surface area contributed by atoms with Gasteiger partial charge in [0.2, 0.25) is 0 Å². The van der Waals surface area contributed by atoms with Crippen molar-refractivity contribution in [2.24, 2.45) is 5.92 Å². The summed E-state index contributed by atoms with van der Waals surface area (Å²) in [6.07, 6.45) is 1.11. The van der Waals surface area contributed by atoms with E-state index in [-0.39, 0.29) is 0 Å². The summed E-state index contributed by atoms with van der Waals surface area (Å²) in [5.41, 5.74) is 1.23. The van der Waals surface area contributed by atoms with Gasteiger partial charge in [-0.1, -0.05) is 26.0 Å². The van der Waals surface area contributed by atoms with E-state index in [0.29, 0.717) is 5.92 Å². The molecule has 1 aromatic carbocycles. The van der Waals surface area contributed by atoms with Crippen molar-refractivity contribution in [2.75, 3.05) is 6.61 Å². The smallest absolute Gasteiger partial charge is 0.119 e. The summed E-state index contributed by atoms with van der Waals surface area (Å²) in [6, 6.07) is 8.12. The van der Waals surface area contributed by atoms with Gasteiger partial charge in [0.25, 0.3) is 0 Å². The Bertz CT molecular complexity index is 254. The fourth-order valence-corrected chi connectivity index (χ4v) is 1.31. The van der Waals surface area contributed by atoms with Gasteiger partial charge in [-0.05, 0) is 30.0 Å². The molecule has 1 aromatic rings. The van der Waals surface area contributed by atoms with Gasteiger partial charge in [-0.15, -0.1) is 0 Å². The maximum atomic E-state index is 5.59. The lowest BCUT2D eigenvalue weighted by Gasteiger charge is -2.08. The van der Waals surface area contributed by atoms with Crippen molar-refractivity contribution in [3.8, 4) is 5.75 Å². The Morgan fingerprint density at radius 2 is 1.86 bits per heavy atom. The van der Waals surface area contributed by atoms with Crippen molar-refractivity contribution in [1.29, 1.82) is 0 Å². The second-order valence-corrected chi connectivity index (χ2v) is 4.15. The summed E-state index contributed by atoms with van der Waals surface area (Å²) in [4.78, 5) is 0. The van der Waals surface area contributed by atoms with Crippen LogP contribution in [0, 0.1) is 5.92 Å². The van der Waals surface area contributed by atoms with Gasteiger partial charge < -0.3 is 4.74 Å². The molecule has 0 aliphatic carbocycles. The molecule has 0 N–H and O–H groups in total. The van der Waals surface area contributed by atoms with Crippen molar-refractivity contribution >= 4 is 12.6 Å². The fourth-order valence-electron chi connectivity index (χ4n) is 1.10. The van der Waals surface area contributed by atoms with Crippen LogP contribution in [-0.2, 0) is 5.75 Å². The number of rotatable bonds is 5. The third-order valence-electron chi connectivity index (χ3n) is 2.07. The second kappa shape index (κ2) is 5.97. The molecular weight excluding hydrogens is 192 g/mol. The Balaban J connectivity index is 2.36. The standard InChI is InChI=1S/C12H18OS/c1-10(2)7-8-13-12-5-3-11(9-14)4-6-12/h3-6,10,14H,7-9H2,1-2H3. The summed E-state index contributed by atoms with van der Waals surface area (Å²) in [5, 5.41) is 0. The van der Waals surface area contributed by atoms with E-state index in [4.69, 9.17) is 4.74 Å². The molecule has 0 aliphatic rings. The summed E-state index contributed by atoms with van der Waals surface area (Å²) >= 11 is 4.20. The highest BCUT2D eigenvalue weighted by Gasteiger charge is 1.96. The van der Waals surface area contributed by atoms with Gasteiger partial charge in [-0.2, -0.15) is 12.6 Å². The maximum Gasteiger partial charge on any atom is 0.119 e. The third-order valence-corrected chi connectivity index (χ3v) is 2.44. The summed E-state index contributed by atoms with van der Waals surface area (Å²) in [7, 11) is 0. The van der Waals surface area contributed by atoms with Crippen molar-refractivity contribution < 1.29 is 4.74 Å². The highest BCUT2D eigenvalue weighted by molar-refractivity contribution is 7.79. The van der Waals surface area contributed by atoms with Gasteiger partial charge in [0.15, 0.2) is 0 Å². The molecule has 0 heterocycles. The predicted molar refractivity (Wildman–Crippen MR) is 64.1 cm³/mol. The van der Waals surface area contributed by atoms with Crippen molar-refractivity contribution in [3.63, 3.8) is 0 Å². The Kier molecular flexibility index (Phi) is 4.88. The monoisotopic (exact) mass is 210 g/mol. The first-order valence-corrected chi connectivity index (χ1v) is 5.68. The molecule has 0 aromatic heterocycles. The highest BCUT2D eigenvalue weighted by Crippen LogP contribution is 2.14. The van der Waals surface area contributed by atoms with Crippen LogP contribution in [0.1, 0.15) is 25.8 Å². The molecule has 0 fully saturated rings. The Morgan fingerprint density at radius 3 is 2.36 bits per heavy atom. The number of ether oxygens (including phenoxy) is 1. The minimum atomic E-state index is 0.701. The number of thiol groups is 1. The van der Waals surface area contributed by atoms with Gasteiger partial charge in [-0.25, -0.2) is 0 Å². The average molecular weight is 210 g/mol. The molecular formula is C12H18OS. The van der Waals surface area contributed by atoms with Crippen molar-refractivity contribution in [1.82, 2.24) is 0 Å². The SMILES string of the molecule is CC(C)CCOc1ccc(CS)cc1. The quantitative estimate of drug-likeness (QED) is 0.731. The van der Waals surface area contributed by atoms with Crippen LogP contribution in [0.25, 0.3) is 0 Å². The molecule has 0 amide bonds. The van der Waals surface area contributed by atoms with Crippen molar-refractivity contribution in [3.05, 3.63) is 29.8 Å². The first kappa shape index (κ1) is 11.4. The molecule has 1 nitrogen and oxygen atoms in total. The van der Waals surface area contributed by atoms with Crippen LogP contribution in [-0.4, -0.2) is 6.61 Å². The molecule has 0 bridgehead atoms.